The quantitative estimate of drug-likeness (QED) is 0.771. The molecule has 2 unspecified atom stereocenters. The van der Waals surface area contributed by atoms with Crippen LogP contribution in [0, 0.1) is 0 Å². The lowest BCUT2D eigenvalue weighted by atomic mass is 10.1. The second-order valence-corrected chi connectivity index (χ2v) is 5.58. The first-order valence-electron chi connectivity index (χ1n) is 5.99. The monoisotopic (exact) mass is 272 g/mol. The fourth-order valence-corrected chi connectivity index (χ4v) is 3.19. The number of carboxylic acids is 1. The van der Waals surface area contributed by atoms with Crippen molar-refractivity contribution >= 4 is 17.7 Å². The van der Waals surface area contributed by atoms with Crippen molar-refractivity contribution in [3.8, 4) is 0 Å². The topological polar surface area (TPSA) is 101 Å². The molecule has 0 spiro atoms. The third kappa shape index (κ3) is 3.42. The minimum absolute atomic E-state index is 0.0473. The fraction of sp³-hybridized carbons (Fsp3) is 0.800. The van der Waals surface area contributed by atoms with E-state index >= 15 is 0 Å². The van der Waals surface area contributed by atoms with Crippen LogP contribution < -0.4 is 0 Å². The van der Waals surface area contributed by atoms with E-state index in [1.165, 1.54) is 16.4 Å². The maximum Gasteiger partial charge on any atom is 0.325 e. The van der Waals surface area contributed by atoms with E-state index in [1.807, 2.05) is 0 Å². The highest BCUT2D eigenvalue weighted by Gasteiger charge is 2.25. The summed E-state index contributed by atoms with van der Waals surface area (Å²) < 4.78 is 1.25. The van der Waals surface area contributed by atoms with Crippen LogP contribution in [-0.2, 0) is 11.3 Å². The molecule has 100 valence electrons. The molecule has 0 aliphatic heterocycles. The van der Waals surface area contributed by atoms with Crippen LogP contribution >= 0.6 is 11.8 Å². The molecule has 0 aromatic carbocycles. The Morgan fingerprint density at radius 3 is 2.94 bits per heavy atom. The van der Waals surface area contributed by atoms with Gasteiger partial charge in [0.1, 0.15) is 6.54 Å². The standard InChI is InChI=1S/C10H16N4O3S/c15-7-4-2-1-3-5-8(7)18-10-11-12-13-14(10)6-9(16)17/h7-8,15H,1-6H2,(H,16,17). The maximum absolute atomic E-state index is 10.7. The van der Waals surface area contributed by atoms with Gasteiger partial charge in [0.25, 0.3) is 0 Å². The van der Waals surface area contributed by atoms with Gasteiger partial charge < -0.3 is 10.2 Å². The van der Waals surface area contributed by atoms with Crippen LogP contribution in [0.2, 0.25) is 0 Å². The smallest absolute Gasteiger partial charge is 0.325 e. The summed E-state index contributed by atoms with van der Waals surface area (Å²) >= 11 is 1.37. The van der Waals surface area contributed by atoms with E-state index in [0.29, 0.717) is 5.16 Å². The van der Waals surface area contributed by atoms with Gasteiger partial charge in [0.15, 0.2) is 0 Å². The summed E-state index contributed by atoms with van der Waals surface area (Å²) in [6.07, 6.45) is 4.58. The van der Waals surface area contributed by atoms with E-state index in [9.17, 15) is 9.90 Å². The minimum atomic E-state index is -0.981. The number of aliphatic hydroxyl groups is 1. The van der Waals surface area contributed by atoms with Crippen LogP contribution in [0.3, 0.4) is 0 Å². The number of hydrogen-bond donors (Lipinski definition) is 2. The Morgan fingerprint density at radius 2 is 2.17 bits per heavy atom. The number of aromatic nitrogens is 4. The molecule has 1 aromatic heterocycles. The second kappa shape index (κ2) is 6.14. The van der Waals surface area contributed by atoms with Crippen molar-refractivity contribution in [1.29, 1.82) is 0 Å². The first kappa shape index (κ1) is 13.3. The summed E-state index contributed by atoms with van der Waals surface area (Å²) in [6, 6.07) is 0. The molecule has 2 N–H and O–H groups in total. The van der Waals surface area contributed by atoms with Crippen molar-refractivity contribution in [2.24, 2.45) is 0 Å². The molecule has 8 heteroatoms. The number of aliphatic hydroxyl groups excluding tert-OH is 1. The number of thioether (sulfide) groups is 1. The fourth-order valence-electron chi connectivity index (χ4n) is 2.04. The third-order valence-corrected chi connectivity index (χ3v) is 4.31. The lowest BCUT2D eigenvalue weighted by Crippen LogP contribution is -2.22. The van der Waals surface area contributed by atoms with Gasteiger partial charge in [-0.1, -0.05) is 31.0 Å². The lowest BCUT2D eigenvalue weighted by molar-refractivity contribution is -0.138. The summed E-state index contributed by atoms with van der Waals surface area (Å²) in [5.41, 5.74) is 0. The SMILES string of the molecule is O=C(O)Cn1nnnc1SC1CCCCCC1O. The van der Waals surface area contributed by atoms with Crippen molar-refractivity contribution < 1.29 is 15.0 Å². The van der Waals surface area contributed by atoms with Gasteiger partial charge in [-0.2, -0.15) is 0 Å². The Hall–Kier alpha value is -1.15. The predicted molar refractivity (Wildman–Crippen MR) is 64.2 cm³/mol. The van der Waals surface area contributed by atoms with Gasteiger partial charge in [0.05, 0.1) is 6.10 Å². The summed E-state index contributed by atoms with van der Waals surface area (Å²) in [4.78, 5) is 10.7. The number of nitrogens with zero attached hydrogens (tertiary/aromatic N) is 4. The number of carboxylic acid groups (broad SMARTS) is 1. The number of hydrogen-bond acceptors (Lipinski definition) is 6. The number of rotatable bonds is 4. The molecule has 0 saturated heterocycles. The van der Waals surface area contributed by atoms with Gasteiger partial charge in [-0.15, -0.1) is 5.10 Å². The molecule has 7 nitrogen and oxygen atoms in total. The molecule has 1 aliphatic rings. The summed E-state index contributed by atoms with van der Waals surface area (Å²) in [6.45, 7) is -0.252. The molecule has 18 heavy (non-hydrogen) atoms. The molecular weight excluding hydrogens is 256 g/mol. The van der Waals surface area contributed by atoms with Crippen molar-refractivity contribution in [1.82, 2.24) is 20.2 Å². The van der Waals surface area contributed by atoms with Crippen molar-refractivity contribution in [3.63, 3.8) is 0 Å². The van der Waals surface area contributed by atoms with Gasteiger partial charge in [-0.3, -0.25) is 4.79 Å². The van der Waals surface area contributed by atoms with Crippen LogP contribution in [0.15, 0.2) is 5.16 Å². The van der Waals surface area contributed by atoms with E-state index in [1.54, 1.807) is 0 Å². The summed E-state index contributed by atoms with van der Waals surface area (Å²) in [5.74, 6) is -0.981. The van der Waals surface area contributed by atoms with Crippen LogP contribution in [0.25, 0.3) is 0 Å². The van der Waals surface area contributed by atoms with E-state index < -0.39 is 5.97 Å². The minimum Gasteiger partial charge on any atom is -0.480 e. The Morgan fingerprint density at radius 1 is 1.39 bits per heavy atom. The average molecular weight is 272 g/mol. The van der Waals surface area contributed by atoms with Crippen LogP contribution in [-0.4, -0.2) is 47.7 Å². The van der Waals surface area contributed by atoms with E-state index in [-0.39, 0.29) is 17.9 Å². The second-order valence-electron chi connectivity index (χ2n) is 4.37. The Bertz CT molecular complexity index is 412. The van der Waals surface area contributed by atoms with Gasteiger partial charge in [0, 0.05) is 5.25 Å². The molecule has 0 radical (unpaired) electrons. The molecular formula is C10H16N4O3S. The average Bonchev–Trinajstić information content (AvgIpc) is 2.62. The first-order chi connectivity index (χ1) is 8.66. The third-order valence-electron chi connectivity index (χ3n) is 2.96. The van der Waals surface area contributed by atoms with E-state index in [2.05, 4.69) is 15.5 Å². The molecule has 1 aliphatic carbocycles. The van der Waals surface area contributed by atoms with Crippen LogP contribution in [0.5, 0.6) is 0 Å². The molecule has 1 aromatic rings. The Balaban J connectivity index is 2.03. The maximum atomic E-state index is 10.7. The van der Waals surface area contributed by atoms with E-state index in [4.69, 9.17) is 5.11 Å². The predicted octanol–water partition coefficient (Wildman–Crippen LogP) is 0.543. The summed E-state index contributed by atoms with van der Waals surface area (Å²) in [7, 11) is 0. The number of carbonyl (C=O) groups is 1. The van der Waals surface area contributed by atoms with Gasteiger partial charge in [-0.25, -0.2) is 4.68 Å². The van der Waals surface area contributed by atoms with E-state index in [0.717, 1.165) is 32.1 Å². The Kier molecular flexibility index (Phi) is 4.54. The molecule has 1 heterocycles. The highest BCUT2D eigenvalue weighted by Crippen LogP contribution is 2.31. The normalized spacial score (nSPS) is 24.7. The molecule has 2 atom stereocenters. The number of tetrazole rings is 1. The van der Waals surface area contributed by atoms with Crippen LogP contribution in [0.4, 0.5) is 0 Å². The van der Waals surface area contributed by atoms with Crippen LogP contribution in [0.1, 0.15) is 32.1 Å². The highest BCUT2D eigenvalue weighted by atomic mass is 32.2. The zero-order chi connectivity index (χ0) is 13.0. The van der Waals surface area contributed by atoms with Crippen molar-refractivity contribution in [3.05, 3.63) is 0 Å². The van der Waals surface area contributed by atoms with Gasteiger partial charge >= 0.3 is 5.97 Å². The van der Waals surface area contributed by atoms with Crippen molar-refractivity contribution in [2.45, 2.75) is 55.2 Å². The van der Waals surface area contributed by atoms with Gasteiger partial charge in [0.2, 0.25) is 5.16 Å². The van der Waals surface area contributed by atoms with Gasteiger partial charge in [-0.05, 0) is 23.3 Å². The first-order valence-corrected chi connectivity index (χ1v) is 6.87. The molecule has 1 saturated carbocycles. The Labute approximate surface area is 109 Å². The molecule has 1 fully saturated rings. The summed E-state index contributed by atoms with van der Waals surface area (Å²) in [5, 5.41) is 30.2. The zero-order valence-electron chi connectivity index (χ0n) is 9.90. The van der Waals surface area contributed by atoms with Crippen molar-refractivity contribution in [2.75, 3.05) is 0 Å². The number of aliphatic carboxylic acids is 1. The largest absolute Gasteiger partial charge is 0.480 e. The lowest BCUT2D eigenvalue weighted by Gasteiger charge is -2.18. The highest BCUT2D eigenvalue weighted by molar-refractivity contribution is 7.99. The molecule has 0 bridgehead atoms. The molecule has 0 amide bonds. The zero-order valence-corrected chi connectivity index (χ0v) is 10.7. The molecule has 2 rings (SSSR count).